The first-order valence-corrected chi connectivity index (χ1v) is 38.2. The predicted octanol–water partition coefficient (Wildman–Crippen LogP) is 30.2. The molecule has 0 radical (unpaired) electrons. The van der Waals surface area contributed by atoms with Gasteiger partial charge >= 0.3 is 0 Å². The predicted molar refractivity (Wildman–Crippen MR) is 460 cm³/mol. The lowest BCUT2D eigenvalue weighted by molar-refractivity contribution is 0.660. The fourth-order valence-corrected chi connectivity index (χ4v) is 19.4. The van der Waals surface area contributed by atoms with Crippen molar-refractivity contribution in [2.75, 3.05) is 0 Å². The van der Waals surface area contributed by atoms with Gasteiger partial charge in [-0.25, -0.2) is 0 Å². The van der Waals surface area contributed by atoms with E-state index in [-0.39, 0.29) is 10.8 Å². The lowest BCUT2D eigenvalue weighted by atomic mass is 9.80. The van der Waals surface area contributed by atoms with Crippen LogP contribution in [0.2, 0.25) is 0 Å². The fourth-order valence-electron chi connectivity index (χ4n) is 19.4. The number of rotatable bonds is 6. The summed E-state index contributed by atoms with van der Waals surface area (Å²) in [6.45, 7) is 9.45. The highest BCUT2D eigenvalue weighted by Crippen LogP contribution is 2.55. The van der Waals surface area contributed by atoms with Crippen molar-refractivity contribution in [2.45, 2.75) is 38.5 Å². The van der Waals surface area contributed by atoms with E-state index in [0.29, 0.717) is 0 Å². The second kappa shape index (κ2) is 23.4. The third kappa shape index (κ3) is 9.08. The van der Waals surface area contributed by atoms with E-state index in [9.17, 15) is 0 Å². The fraction of sp³-hybridized carbons (Fsp3) is 0.0566. The zero-order valence-electron chi connectivity index (χ0n) is 61.0. The Bertz CT molecular complexity index is 7390. The molecule has 110 heavy (non-hydrogen) atoms. The topological polar surface area (TPSA) is 52.6 Å². The van der Waals surface area contributed by atoms with E-state index in [4.69, 9.17) is 17.7 Å². The van der Waals surface area contributed by atoms with Crippen LogP contribution in [0.3, 0.4) is 0 Å². The molecule has 2 aliphatic rings. The number of hydrogen-bond acceptors (Lipinski definition) is 4. The van der Waals surface area contributed by atoms with Gasteiger partial charge in [0.05, 0.1) is 0 Å². The Morgan fingerprint density at radius 2 is 0.445 bits per heavy atom. The summed E-state index contributed by atoms with van der Waals surface area (Å²) in [4.78, 5) is 0. The van der Waals surface area contributed by atoms with Crippen molar-refractivity contribution in [1.29, 1.82) is 0 Å². The Balaban J connectivity index is 0.000000132. The Morgan fingerprint density at radius 3 is 0.855 bits per heavy atom. The molecule has 18 aromatic carbocycles. The first-order chi connectivity index (χ1) is 54.1. The van der Waals surface area contributed by atoms with E-state index in [1.165, 1.54) is 121 Å². The van der Waals surface area contributed by atoms with Gasteiger partial charge < -0.3 is 17.7 Å². The summed E-state index contributed by atoms with van der Waals surface area (Å²) in [5.41, 5.74) is 31.9. The van der Waals surface area contributed by atoms with Crippen molar-refractivity contribution in [2.24, 2.45) is 0 Å². The van der Waals surface area contributed by atoms with E-state index < -0.39 is 0 Å². The first-order valence-electron chi connectivity index (χ1n) is 38.2. The molecule has 0 spiro atoms. The number of benzene rings is 18. The average molecular weight is 1410 g/mol. The van der Waals surface area contributed by atoms with Crippen LogP contribution in [0.4, 0.5) is 0 Å². The molecule has 0 saturated carbocycles. The van der Waals surface area contributed by atoms with Gasteiger partial charge in [-0.1, -0.05) is 295 Å². The molecule has 4 heteroatoms. The Kier molecular flexibility index (Phi) is 13.2. The smallest absolute Gasteiger partial charge is 0.143 e. The van der Waals surface area contributed by atoms with Gasteiger partial charge in [-0.05, 0) is 216 Å². The molecule has 22 aromatic rings. The van der Waals surface area contributed by atoms with Gasteiger partial charge in [0.15, 0.2) is 0 Å². The normalized spacial score (nSPS) is 13.4. The van der Waals surface area contributed by atoms with Crippen LogP contribution in [0.15, 0.2) is 357 Å². The van der Waals surface area contributed by atoms with Crippen LogP contribution in [-0.4, -0.2) is 0 Å². The van der Waals surface area contributed by atoms with Crippen LogP contribution in [0, 0.1) is 0 Å². The van der Waals surface area contributed by atoms with Crippen LogP contribution < -0.4 is 0 Å². The van der Waals surface area contributed by atoms with Crippen LogP contribution in [-0.2, 0) is 10.8 Å². The first kappa shape index (κ1) is 62.4. The lowest BCUT2D eigenvalue weighted by Gasteiger charge is -2.23. The molecule has 0 aliphatic heterocycles. The summed E-state index contributed by atoms with van der Waals surface area (Å²) in [5, 5.41) is 18.8. The number of para-hydroxylation sites is 6. The number of hydrogen-bond donors (Lipinski definition) is 0. The standard InChI is InChI=1S/2C53H34O2/c1-53(2)46-24-6-3-13-34(46)35-28-27-31(29-47(35)53)50-38-18-9-16-32(40-20-11-22-42-36-14-4-7-25-48(36)54-51(40)42)44(38)30-45-33(17-10-19-39(45)50)41-21-12-23-43-37-15-5-8-26-49(37)55-52(41)43;1-53(2)46-18-6-3-11-36(46)37-24-23-33(27-47(37)53)52-42-16-9-14-34(31-21-25-40-38-12-4-7-19-48(38)54-50(40)28-31)44(42)30-45-35(15-10-17-43(45)52)32-22-26-41-39-13-5-8-20-49(39)55-51(41)29-32/h2*3-30H,1-2H3. The van der Waals surface area contributed by atoms with Crippen LogP contribution in [0.5, 0.6) is 0 Å². The second-order valence-electron chi connectivity index (χ2n) is 31.1. The third-order valence-electron chi connectivity index (χ3n) is 24.6. The minimum atomic E-state index is -0.119. The van der Waals surface area contributed by atoms with Crippen molar-refractivity contribution in [1.82, 2.24) is 0 Å². The zero-order valence-corrected chi connectivity index (χ0v) is 61.0. The van der Waals surface area contributed by atoms with Gasteiger partial charge in [-0.3, -0.25) is 0 Å². The molecule has 0 amide bonds. The van der Waals surface area contributed by atoms with E-state index >= 15 is 0 Å². The lowest BCUT2D eigenvalue weighted by Crippen LogP contribution is -2.14. The molecule has 4 heterocycles. The molecule has 2 aliphatic carbocycles. The molecule has 0 N–H and O–H groups in total. The molecule has 0 unspecified atom stereocenters. The Hall–Kier alpha value is -13.8. The third-order valence-corrected chi connectivity index (χ3v) is 24.6. The van der Waals surface area contributed by atoms with Crippen molar-refractivity contribution < 1.29 is 17.7 Å². The van der Waals surface area contributed by atoms with E-state index in [1.54, 1.807) is 0 Å². The maximum Gasteiger partial charge on any atom is 0.143 e. The molecule has 0 saturated heterocycles. The van der Waals surface area contributed by atoms with Gasteiger partial charge in [-0.15, -0.1) is 0 Å². The van der Waals surface area contributed by atoms with Gasteiger partial charge in [0.25, 0.3) is 0 Å². The summed E-state index contributed by atoms with van der Waals surface area (Å²) >= 11 is 0. The van der Waals surface area contributed by atoms with E-state index in [0.717, 1.165) is 121 Å². The summed E-state index contributed by atoms with van der Waals surface area (Å²) < 4.78 is 26.1. The molecular weight excluding hydrogens is 1340 g/mol. The summed E-state index contributed by atoms with van der Waals surface area (Å²) in [6.07, 6.45) is 0. The molecule has 4 aromatic heterocycles. The van der Waals surface area contributed by atoms with Crippen LogP contribution in [0.1, 0.15) is 49.9 Å². The molecular formula is C106H68O4. The highest BCUT2D eigenvalue weighted by Gasteiger charge is 2.37. The van der Waals surface area contributed by atoms with Crippen molar-refractivity contribution in [3.63, 3.8) is 0 Å². The maximum absolute atomic E-state index is 6.65. The summed E-state index contributed by atoms with van der Waals surface area (Å²) in [6, 6.07) is 124. The highest BCUT2D eigenvalue weighted by atomic mass is 16.3. The van der Waals surface area contributed by atoms with Crippen LogP contribution >= 0.6 is 0 Å². The van der Waals surface area contributed by atoms with Gasteiger partial charge in [0, 0.05) is 65.0 Å². The molecule has 0 bridgehead atoms. The monoisotopic (exact) mass is 1400 g/mol. The SMILES string of the molecule is CC1(C)c2ccccc2-c2ccc(-c3c4cccc(-c5ccc6c(c5)oc5ccccc56)c4cc4c(-c5ccc6c(c5)oc5ccccc56)cccc34)cc21.CC1(C)c2ccccc2-c2ccc(-c3c4cccc(-c5cccc6c5oc5ccccc56)c4cc4c(-c5cccc6c5oc5ccccc56)cccc34)cc21. The van der Waals surface area contributed by atoms with Crippen molar-refractivity contribution in [3.05, 3.63) is 362 Å². The Morgan fingerprint density at radius 1 is 0.164 bits per heavy atom. The molecule has 4 nitrogen and oxygen atoms in total. The van der Waals surface area contributed by atoms with Crippen molar-refractivity contribution in [3.8, 4) is 89.0 Å². The van der Waals surface area contributed by atoms with Gasteiger partial charge in [0.2, 0.25) is 0 Å². The average Bonchev–Trinajstić information content (AvgIpc) is 1.28. The molecule has 24 rings (SSSR count). The second-order valence-corrected chi connectivity index (χ2v) is 31.1. The van der Waals surface area contributed by atoms with Crippen LogP contribution in [0.25, 0.3) is 220 Å². The van der Waals surface area contributed by atoms with Gasteiger partial charge in [-0.2, -0.15) is 0 Å². The molecule has 516 valence electrons. The summed E-state index contributed by atoms with van der Waals surface area (Å²) in [7, 11) is 0. The quantitative estimate of drug-likeness (QED) is 0.156. The largest absolute Gasteiger partial charge is 0.456 e. The van der Waals surface area contributed by atoms with Crippen molar-refractivity contribution >= 4 is 131 Å². The Labute approximate surface area is 633 Å². The van der Waals surface area contributed by atoms with E-state index in [1.807, 2.05) is 36.4 Å². The van der Waals surface area contributed by atoms with E-state index in [2.05, 4.69) is 331 Å². The number of furan rings is 4. The molecule has 0 atom stereocenters. The molecule has 0 fully saturated rings. The summed E-state index contributed by atoms with van der Waals surface area (Å²) in [5.74, 6) is 0. The minimum absolute atomic E-state index is 0.108. The highest BCUT2D eigenvalue weighted by molar-refractivity contribution is 6.24. The maximum atomic E-state index is 6.65. The number of fused-ring (bicyclic) bond motifs is 22. The zero-order chi connectivity index (χ0) is 72.8. The minimum Gasteiger partial charge on any atom is -0.456 e. The van der Waals surface area contributed by atoms with Gasteiger partial charge in [0.1, 0.15) is 44.7 Å².